The van der Waals surface area contributed by atoms with Gasteiger partial charge in [-0.1, -0.05) is 37.5 Å². The Morgan fingerprint density at radius 2 is 1.80 bits per heavy atom. The second-order valence-corrected chi connectivity index (χ2v) is 8.75. The van der Waals surface area contributed by atoms with Crippen molar-refractivity contribution >= 4 is 33.4 Å². The molecule has 0 atom stereocenters. The van der Waals surface area contributed by atoms with Gasteiger partial charge in [-0.2, -0.15) is 0 Å². The van der Waals surface area contributed by atoms with Gasteiger partial charge in [0.15, 0.2) is 11.5 Å². The van der Waals surface area contributed by atoms with Gasteiger partial charge in [0.25, 0.3) is 0 Å². The Kier molecular flexibility index (Phi) is 5.99. The zero-order chi connectivity index (χ0) is 21.1. The molecule has 1 fully saturated rings. The first-order valence-corrected chi connectivity index (χ1v) is 11.0. The summed E-state index contributed by atoms with van der Waals surface area (Å²) in [5.41, 5.74) is 0.989. The Hall–Kier alpha value is -2.54. The average molecular weight is 473 g/mol. The van der Waals surface area contributed by atoms with Gasteiger partial charge in [0.1, 0.15) is 0 Å². The van der Waals surface area contributed by atoms with Gasteiger partial charge < -0.3 is 19.7 Å². The zero-order valence-electron chi connectivity index (χ0n) is 16.9. The highest BCUT2D eigenvalue weighted by Crippen LogP contribution is 2.44. The van der Waals surface area contributed by atoms with E-state index in [0.717, 1.165) is 42.1 Å². The predicted octanol–water partition coefficient (Wildman–Crippen LogP) is 4.48. The first-order chi connectivity index (χ1) is 14.5. The SMILES string of the molecule is CN(CC(=O)Nc1ccccc1Br)C(=O)C1(c2ccc3c(c2)OCO3)CCCCC1. The van der Waals surface area contributed by atoms with Crippen LogP contribution in [0.4, 0.5) is 5.69 Å². The van der Waals surface area contributed by atoms with Crippen molar-refractivity contribution in [3.63, 3.8) is 0 Å². The Morgan fingerprint density at radius 3 is 2.57 bits per heavy atom. The van der Waals surface area contributed by atoms with Crippen molar-refractivity contribution in [3.8, 4) is 11.5 Å². The van der Waals surface area contributed by atoms with Gasteiger partial charge in [-0.05, 0) is 58.6 Å². The first kappa shape index (κ1) is 20.7. The molecule has 0 saturated heterocycles. The van der Waals surface area contributed by atoms with Crippen LogP contribution in [0, 0.1) is 0 Å². The number of rotatable bonds is 5. The normalized spacial score (nSPS) is 16.7. The molecular weight excluding hydrogens is 448 g/mol. The first-order valence-electron chi connectivity index (χ1n) is 10.2. The van der Waals surface area contributed by atoms with E-state index in [-0.39, 0.29) is 25.2 Å². The molecule has 6 nitrogen and oxygen atoms in total. The van der Waals surface area contributed by atoms with Crippen LogP contribution in [0.5, 0.6) is 11.5 Å². The van der Waals surface area contributed by atoms with Crippen LogP contribution in [0.25, 0.3) is 0 Å². The lowest BCUT2D eigenvalue weighted by Crippen LogP contribution is -2.48. The van der Waals surface area contributed by atoms with Gasteiger partial charge in [-0.15, -0.1) is 0 Å². The van der Waals surface area contributed by atoms with Crippen LogP contribution in [0.3, 0.4) is 0 Å². The average Bonchev–Trinajstić information content (AvgIpc) is 3.23. The van der Waals surface area contributed by atoms with Crippen LogP contribution >= 0.6 is 15.9 Å². The molecule has 0 bridgehead atoms. The summed E-state index contributed by atoms with van der Waals surface area (Å²) in [5.74, 6) is 1.13. The minimum absolute atomic E-state index is 0.00747. The van der Waals surface area contributed by atoms with Crippen molar-refractivity contribution < 1.29 is 19.1 Å². The van der Waals surface area contributed by atoms with Gasteiger partial charge in [-0.3, -0.25) is 9.59 Å². The van der Waals surface area contributed by atoms with Gasteiger partial charge in [0.05, 0.1) is 17.6 Å². The molecule has 1 heterocycles. The van der Waals surface area contributed by atoms with Crippen molar-refractivity contribution in [2.45, 2.75) is 37.5 Å². The van der Waals surface area contributed by atoms with Crippen LogP contribution in [0.2, 0.25) is 0 Å². The summed E-state index contributed by atoms with van der Waals surface area (Å²) in [6, 6.07) is 13.2. The molecule has 7 heteroatoms. The van der Waals surface area contributed by atoms with E-state index in [1.807, 2.05) is 42.5 Å². The summed E-state index contributed by atoms with van der Waals surface area (Å²) in [5, 5.41) is 2.87. The molecule has 2 aromatic rings. The number of fused-ring (bicyclic) bond motifs is 1. The molecule has 1 saturated carbocycles. The van der Waals surface area contributed by atoms with Crippen molar-refractivity contribution in [1.29, 1.82) is 0 Å². The number of halogens is 1. The largest absolute Gasteiger partial charge is 0.454 e. The number of benzene rings is 2. The number of carbonyl (C=O) groups is 2. The lowest BCUT2D eigenvalue weighted by molar-refractivity contribution is -0.139. The second-order valence-electron chi connectivity index (χ2n) is 7.90. The van der Waals surface area contributed by atoms with E-state index >= 15 is 0 Å². The fourth-order valence-corrected chi connectivity index (χ4v) is 4.76. The number of amides is 2. The van der Waals surface area contributed by atoms with Gasteiger partial charge in [0.2, 0.25) is 18.6 Å². The number of para-hydroxylation sites is 1. The molecule has 0 spiro atoms. The van der Waals surface area contributed by atoms with Crippen molar-refractivity contribution in [2.75, 3.05) is 25.7 Å². The highest BCUT2D eigenvalue weighted by Gasteiger charge is 2.43. The molecule has 158 valence electrons. The van der Waals surface area contributed by atoms with Gasteiger partial charge >= 0.3 is 0 Å². The van der Waals surface area contributed by atoms with E-state index in [1.54, 1.807) is 11.9 Å². The zero-order valence-corrected chi connectivity index (χ0v) is 18.5. The molecule has 1 aliphatic heterocycles. The molecule has 0 radical (unpaired) electrons. The maximum Gasteiger partial charge on any atom is 0.244 e. The summed E-state index contributed by atoms with van der Waals surface area (Å²) in [6.07, 6.45) is 4.61. The molecule has 2 aliphatic rings. The molecule has 1 N–H and O–H groups in total. The number of likely N-dealkylation sites (N-methyl/N-ethyl adjacent to an activating group) is 1. The molecule has 4 rings (SSSR count). The van der Waals surface area contributed by atoms with Crippen molar-refractivity contribution in [2.24, 2.45) is 0 Å². The lowest BCUT2D eigenvalue weighted by atomic mass is 9.68. The summed E-state index contributed by atoms with van der Waals surface area (Å²) in [7, 11) is 1.70. The summed E-state index contributed by atoms with van der Waals surface area (Å²) >= 11 is 3.43. The molecule has 2 amide bonds. The van der Waals surface area contributed by atoms with Crippen molar-refractivity contribution in [3.05, 3.63) is 52.5 Å². The highest BCUT2D eigenvalue weighted by atomic mass is 79.9. The standard InChI is InChI=1S/C23H25BrN2O4/c1-26(14-21(27)25-18-8-4-3-7-17(18)24)22(28)23(11-5-2-6-12-23)16-9-10-19-20(13-16)30-15-29-19/h3-4,7-10,13H,2,5-6,11-12,14-15H2,1H3,(H,25,27). The maximum atomic E-state index is 13.6. The molecule has 1 aliphatic carbocycles. The quantitative estimate of drug-likeness (QED) is 0.696. The number of nitrogens with zero attached hydrogens (tertiary/aromatic N) is 1. The Bertz CT molecular complexity index is 956. The third-order valence-corrected chi connectivity index (χ3v) is 6.61. The van der Waals surface area contributed by atoms with E-state index in [2.05, 4.69) is 21.2 Å². The van der Waals surface area contributed by atoms with Crippen LogP contribution in [-0.4, -0.2) is 37.1 Å². The number of anilines is 1. The number of hydrogen-bond acceptors (Lipinski definition) is 4. The minimum atomic E-state index is -0.637. The highest BCUT2D eigenvalue weighted by molar-refractivity contribution is 9.10. The van der Waals surface area contributed by atoms with E-state index in [1.165, 1.54) is 0 Å². The Morgan fingerprint density at radius 1 is 1.07 bits per heavy atom. The molecular formula is C23H25BrN2O4. The Labute approximate surface area is 184 Å². The summed E-state index contributed by atoms with van der Waals surface area (Å²) in [4.78, 5) is 27.8. The number of nitrogens with one attached hydrogen (secondary N) is 1. The summed E-state index contributed by atoms with van der Waals surface area (Å²) in [6.45, 7) is 0.196. The smallest absolute Gasteiger partial charge is 0.244 e. The monoisotopic (exact) mass is 472 g/mol. The number of hydrogen-bond donors (Lipinski definition) is 1. The molecule has 2 aromatic carbocycles. The lowest BCUT2D eigenvalue weighted by Gasteiger charge is -2.39. The van der Waals surface area contributed by atoms with Gasteiger partial charge in [0, 0.05) is 11.5 Å². The molecule has 0 aromatic heterocycles. The van der Waals surface area contributed by atoms with E-state index < -0.39 is 5.41 Å². The van der Waals surface area contributed by atoms with E-state index in [0.29, 0.717) is 17.2 Å². The van der Waals surface area contributed by atoms with E-state index in [9.17, 15) is 9.59 Å². The maximum absolute atomic E-state index is 13.6. The van der Waals surface area contributed by atoms with Crippen LogP contribution in [0.1, 0.15) is 37.7 Å². The Balaban J connectivity index is 1.53. The van der Waals surface area contributed by atoms with Crippen LogP contribution in [-0.2, 0) is 15.0 Å². The van der Waals surface area contributed by atoms with Gasteiger partial charge in [-0.25, -0.2) is 0 Å². The molecule has 0 unspecified atom stereocenters. The molecule has 30 heavy (non-hydrogen) atoms. The predicted molar refractivity (Wildman–Crippen MR) is 118 cm³/mol. The fraction of sp³-hybridized carbons (Fsp3) is 0.391. The fourth-order valence-electron chi connectivity index (χ4n) is 4.38. The minimum Gasteiger partial charge on any atom is -0.454 e. The van der Waals surface area contributed by atoms with Crippen LogP contribution < -0.4 is 14.8 Å². The van der Waals surface area contributed by atoms with Crippen molar-refractivity contribution in [1.82, 2.24) is 4.90 Å². The van der Waals surface area contributed by atoms with E-state index in [4.69, 9.17) is 9.47 Å². The number of ether oxygens (including phenoxy) is 2. The third kappa shape index (κ3) is 4.03. The second kappa shape index (κ2) is 8.68. The summed E-state index contributed by atoms with van der Waals surface area (Å²) < 4.78 is 11.8. The van der Waals surface area contributed by atoms with Crippen LogP contribution in [0.15, 0.2) is 46.9 Å². The third-order valence-electron chi connectivity index (χ3n) is 5.92. The number of carbonyl (C=O) groups excluding carboxylic acids is 2. The topological polar surface area (TPSA) is 67.9 Å².